The van der Waals surface area contributed by atoms with E-state index in [1.54, 1.807) is 0 Å². The van der Waals surface area contributed by atoms with Gasteiger partial charge >= 0.3 is 0 Å². The summed E-state index contributed by atoms with van der Waals surface area (Å²) in [6, 6.07) is 1.58. The fraction of sp³-hybridized carbons (Fsp3) is 1.00. The highest BCUT2D eigenvalue weighted by Crippen LogP contribution is 2.31. The van der Waals surface area contributed by atoms with E-state index in [-0.39, 0.29) is 0 Å². The van der Waals surface area contributed by atoms with Crippen molar-refractivity contribution in [3.63, 3.8) is 0 Å². The van der Waals surface area contributed by atoms with Gasteiger partial charge in [0.15, 0.2) is 0 Å². The molecular weight excluding hydrogens is 208 g/mol. The Hall–Kier alpha value is -0.0800. The number of hydrogen-bond donors (Lipinski definition) is 1. The van der Waals surface area contributed by atoms with E-state index in [1.807, 2.05) is 0 Å². The van der Waals surface area contributed by atoms with Crippen molar-refractivity contribution in [2.75, 3.05) is 20.1 Å². The summed E-state index contributed by atoms with van der Waals surface area (Å²) in [7, 11) is 2.34. The van der Waals surface area contributed by atoms with Crippen molar-refractivity contribution >= 4 is 0 Å². The Kier molecular flexibility index (Phi) is 4.87. The monoisotopic (exact) mass is 238 g/mol. The molecule has 1 saturated heterocycles. The van der Waals surface area contributed by atoms with Crippen molar-refractivity contribution in [3.8, 4) is 0 Å². The summed E-state index contributed by atoms with van der Waals surface area (Å²) in [5.74, 6) is 1.83. The van der Waals surface area contributed by atoms with E-state index < -0.39 is 0 Å². The fourth-order valence-electron chi connectivity index (χ4n) is 3.87. The van der Waals surface area contributed by atoms with Gasteiger partial charge in [-0.05, 0) is 57.5 Å². The first-order valence-corrected chi connectivity index (χ1v) is 7.60. The fourth-order valence-corrected chi connectivity index (χ4v) is 3.87. The minimum absolute atomic E-state index is 0.750. The van der Waals surface area contributed by atoms with E-state index in [0.717, 1.165) is 23.9 Å². The topological polar surface area (TPSA) is 15.3 Å². The number of piperidine rings is 1. The summed E-state index contributed by atoms with van der Waals surface area (Å²) in [5.41, 5.74) is 0. The Balaban J connectivity index is 1.80. The molecule has 0 aromatic heterocycles. The van der Waals surface area contributed by atoms with E-state index in [2.05, 4.69) is 31.1 Å². The maximum atomic E-state index is 3.67. The molecule has 1 saturated carbocycles. The Labute approximate surface area is 107 Å². The van der Waals surface area contributed by atoms with Crippen molar-refractivity contribution in [1.82, 2.24) is 10.2 Å². The molecule has 2 rings (SSSR count). The van der Waals surface area contributed by atoms with E-state index in [0.29, 0.717) is 0 Å². The Morgan fingerprint density at radius 3 is 2.59 bits per heavy atom. The predicted octanol–water partition coefficient (Wildman–Crippen LogP) is 2.89. The predicted molar refractivity (Wildman–Crippen MR) is 74.2 cm³/mol. The quantitative estimate of drug-likeness (QED) is 0.813. The highest BCUT2D eigenvalue weighted by atomic mass is 15.2. The lowest BCUT2D eigenvalue weighted by atomic mass is 9.79. The largest absolute Gasteiger partial charge is 0.313 e. The zero-order valence-corrected chi connectivity index (χ0v) is 11.9. The summed E-state index contributed by atoms with van der Waals surface area (Å²) < 4.78 is 0. The van der Waals surface area contributed by atoms with Gasteiger partial charge < -0.3 is 10.2 Å². The lowest BCUT2D eigenvalue weighted by Crippen LogP contribution is -2.48. The number of nitrogens with zero attached hydrogens (tertiary/aromatic N) is 1. The second-order valence-corrected chi connectivity index (χ2v) is 6.55. The van der Waals surface area contributed by atoms with Crippen LogP contribution < -0.4 is 5.32 Å². The number of likely N-dealkylation sites (N-methyl/N-ethyl adjacent to an activating group) is 1. The van der Waals surface area contributed by atoms with Gasteiger partial charge in [-0.3, -0.25) is 0 Å². The lowest BCUT2D eigenvalue weighted by molar-refractivity contribution is 0.104. The lowest BCUT2D eigenvalue weighted by Gasteiger charge is -2.40. The second kappa shape index (κ2) is 6.19. The van der Waals surface area contributed by atoms with E-state index >= 15 is 0 Å². The third-order valence-corrected chi connectivity index (χ3v) is 4.87. The average Bonchev–Trinajstić information content (AvgIpc) is 2.30. The molecule has 1 heterocycles. The first-order chi connectivity index (χ1) is 8.16. The maximum absolute atomic E-state index is 3.67. The van der Waals surface area contributed by atoms with E-state index in [1.165, 1.54) is 51.6 Å². The molecule has 1 aliphatic carbocycles. The van der Waals surface area contributed by atoms with Crippen LogP contribution in [0.1, 0.15) is 52.4 Å². The van der Waals surface area contributed by atoms with Gasteiger partial charge in [0.05, 0.1) is 0 Å². The average molecular weight is 238 g/mol. The van der Waals surface area contributed by atoms with Gasteiger partial charge in [-0.25, -0.2) is 0 Å². The number of hydrogen-bond acceptors (Lipinski definition) is 2. The van der Waals surface area contributed by atoms with Crippen LogP contribution in [0.4, 0.5) is 0 Å². The Morgan fingerprint density at radius 1 is 1.12 bits per heavy atom. The van der Waals surface area contributed by atoms with Crippen LogP contribution >= 0.6 is 0 Å². The standard InChI is InChI=1S/C15H30N2/c1-12-7-8-15(13(2)10-12)17(3)11-14-6-4-5-9-16-14/h12-16H,4-11H2,1-3H3. The van der Waals surface area contributed by atoms with Crippen molar-refractivity contribution in [2.45, 2.75) is 64.5 Å². The van der Waals surface area contributed by atoms with Crippen molar-refractivity contribution in [1.29, 1.82) is 0 Å². The molecule has 2 fully saturated rings. The minimum Gasteiger partial charge on any atom is -0.313 e. The summed E-state index contributed by atoms with van der Waals surface area (Å²) in [6.07, 6.45) is 8.43. The van der Waals surface area contributed by atoms with Crippen molar-refractivity contribution in [3.05, 3.63) is 0 Å². The van der Waals surface area contributed by atoms with Crippen LogP contribution in [0.25, 0.3) is 0 Å². The molecule has 100 valence electrons. The molecule has 1 aliphatic heterocycles. The molecule has 0 spiro atoms. The molecule has 4 unspecified atom stereocenters. The smallest absolute Gasteiger partial charge is 0.0195 e. The number of nitrogens with one attached hydrogen (secondary N) is 1. The molecule has 17 heavy (non-hydrogen) atoms. The van der Waals surface area contributed by atoms with Crippen LogP contribution in [-0.2, 0) is 0 Å². The van der Waals surface area contributed by atoms with Crippen LogP contribution in [0.2, 0.25) is 0 Å². The maximum Gasteiger partial charge on any atom is 0.0195 e. The van der Waals surface area contributed by atoms with Crippen LogP contribution in [0.3, 0.4) is 0 Å². The molecule has 0 radical (unpaired) electrons. The normalized spacial score (nSPS) is 39.5. The minimum atomic E-state index is 0.750. The van der Waals surface area contributed by atoms with Gasteiger partial charge in [0.2, 0.25) is 0 Å². The highest BCUT2D eigenvalue weighted by molar-refractivity contribution is 4.85. The van der Waals surface area contributed by atoms with Gasteiger partial charge in [0.25, 0.3) is 0 Å². The first-order valence-electron chi connectivity index (χ1n) is 7.60. The molecule has 4 atom stereocenters. The summed E-state index contributed by atoms with van der Waals surface area (Å²) >= 11 is 0. The molecule has 2 aliphatic rings. The zero-order valence-electron chi connectivity index (χ0n) is 11.9. The van der Waals surface area contributed by atoms with Crippen molar-refractivity contribution < 1.29 is 0 Å². The summed E-state index contributed by atoms with van der Waals surface area (Å²) in [4.78, 5) is 2.64. The van der Waals surface area contributed by atoms with E-state index in [4.69, 9.17) is 0 Å². The van der Waals surface area contributed by atoms with Crippen LogP contribution in [0, 0.1) is 11.8 Å². The molecule has 2 heteroatoms. The molecule has 0 aromatic rings. The molecule has 0 bridgehead atoms. The zero-order chi connectivity index (χ0) is 12.3. The molecule has 0 amide bonds. The number of rotatable bonds is 3. The van der Waals surface area contributed by atoms with Gasteiger partial charge in [-0.1, -0.05) is 20.3 Å². The summed E-state index contributed by atoms with van der Waals surface area (Å²) in [6.45, 7) is 7.35. The van der Waals surface area contributed by atoms with Gasteiger partial charge in [-0.15, -0.1) is 0 Å². The third kappa shape index (κ3) is 3.69. The van der Waals surface area contributed by atoms with Crippen LogP contribution in [0.5, 0.6) is 0 Å². The third-order valence-electron chi connectivity index (χ3n) is 4.87. The summed E-state index contributed by atoms with van der Waals surface area (Å²) in [5, 5.41) is 3.67. The first kappa shape index (κ1) is 13.4. The van der Waals surface area contributed by atoms with Crippen LogP contribution in [-0.4, -0.2) is 37.1 Å². The second-order valence-electron chi connectivity index (χ2n) is 6.55. The Morgan fingerprint density at radius 2 is 1.94 bits per heavy atom. The van der Waals surface area contributed by atoms with Gasteiger partial charge in [-0.2, -0.15) is 0 Å². The van der Waals surface area contributed by atoms with Crippen molar-refractivity contribution in [2.24, 2.45) is 11.8 Å². The SMILES string of the molecule is CC1CCC(N(C)CC2CCCCN2)C(C)C1. The highest BCUT2D eigenvalue weighted by Gasteiger charge is 2.29. The Bertz CT molecular complexity index is 223. The molecule has 2 nitrogen and oxygen atoms in total. The molecular formula is C15H30N2. The van der Waals surface area contributed by atoms with Gasteiger partial charge in [0, 0.05) is 18.6 Å². The van der Waals surface area contributed by atoms with Gasteiger partial charge in [0.1, 0.15) is 0 Å². The van der Waals surface area contributed by atoms with E-state index in [9.17, 15) is 0 Å². The molecule has 0 aromatic carbocycles. The van der Waals surface area contributed by atoms with Crippen LogP contribution in [0.15, 0.2) is 0 Å². The molecule has 1 N–H and O–H groups in total.